The Hall–Kier alpha value is 0.427. The molecule has 4 heteroatoms. The molecule has 2 nitrogen and oxygen atoms in total. The molecule has 0 bridgehead atoms. The number of hydrogen-bond acceptors (Lipinski definition) is 2. The molecular weight excluding hydrogens is 168 g/mol. The molecule has 10 heavy (non-hydrogen) atoms. The predicted octanol–water partition coefficient (Wildman–Crippen LogP) is 2.40. The molecule has 0 saturated heterocycles. The molecule has 0 amide bonds. The minimum atomic E-state index is -1.51. The highest BCUT2D eigenvalue weighted by Crippen LogP contribution is 2.10. The maximum atomic E-state index is 5.66. The Morgan fingerprint density at radius 1 is 1.40 bits per heavy atom. The number of rotatable bonds is 4. The van der Waals surface area contributed by atoms with Crippen molar-refractivity contribution in [2.24, 2.45) is 0 Å². The fraction of sp³-hybridized carbons (Fsp3) is 1.00. The second-order valence-corrected chi connectivity index (χ2v) is 7.78. The molecule has 0 spiro atoms. The highest BCUT2D eigenvalue weighted by atomic mass is 35.5. The highest BCUT2D eigenvalue weighted by molar-refractivity contribution is 6.70. The Morgan fingerprint density at radius 2 is 1.90 bits per heavy atom. The van der Waals surface area contributed by atoms with Crippen LogP contribution in [0.15, 0.2) is 0 Å². The first-order valence-electron chi connectivity index (χ1n) is 3.39. The average Bonchev–Trinajstić information content (AvgIpc) is 1.59. The summed E-state index contributed by atoms with van der Waals surface area (Å²) in [5, 5.41) is 0. The van der Waals surface area contributed by atoms with Crippen LogP contribution in [0.25, 0.3) is 0 Å². The zero-order valence-corrected chi connectivity index (χ0v) is 8.73. The molecule has 0 aliphatic carbocycles. The molecule has 0 aromatic heterocycles. The van der Waals surface area contributed by atoms with E-state index in [2.05, 4.69) is 19.6 Å². The van der Waals surface area contributed by atoms with E-state index < -0.39 is 14.1 Å². The molecule has 62 valence electrons. The van der Waals surface area contributed by atoms with E-state index in [4.69, 9.17) is 20.8 Å². The summed E-state index contributed by atoms with van der Waals surface area (Å²) in [4.78, 5) is 0. The summed E-state index contributed by atoms with van der Waals surface area (Å²) in [5.41, 5.74) is 0. The molecule has 0 N–H and O–H groups in total. The summed E-state index contributed by atoms with van der Waals surface area (Å²) >= 11 is 5.66. The quantitative estimate of drug-likeness (QED) is 0.378. The first-order valence-corrected chi connectivity index (χ1v) is 7.23. The molecule has 1 atom stereocenters. The largest absolute Gasteiger partial charge is 0.381 e. The Bertz CT molecular complexity index is 92.2. The maximum Gasteiger partial charge on any atom is 0.227 e. The van der Waals surface area contributed by atoms with Crippen LogP contribution in [-0.2, 0) is 9.16 Å². The molecule has 0 aliphatic heterocycles. The van der Waals surface area contributed by atoms with Gasteiger partial charge in [0, 0.05) is 6.61 Å². The Kier molecular flexibility index (Phi) is 4.52. The summed E-state index contributed by atoms with van der Waals surface area (Å²) < 4.78 is 10.4. The zero-order chi connectivity index (χ0) is 8.20. The van der Waals surface area contributed by atoms with Gasteiger partial charge in [0.15, 0.2) is 8.32 Å². The summed E-state index contributed by atoms with van der Waals surface area (Å²) in [6, 6.07) is 0. The Labute approximate surface area is 68.6 Å². The Morgan fingerprint density at radius 3 is 2.20 bits per heavy atom. The SMILES string of the molecule is CCOC(Cl)O[Si](C)(C)C. The van der Waals surface area contributed by atoms with Crippen LogP contribution in [0.3, 0.4) is 0 Å². The lowest BCUT2D eigenvalue weighted by Crippen LogP contribution is -2.30. The standard InChI is InChI=1S/C6H15ClO2Si/c1-5-8-6(7)9-10(2,3)4/h6H,5H2,1-4H3. The van der Waals surface area contributed by atoms with Gasteiger partial charge in [-0.2, -0.15) is 0 Å². The van der Waals surface area contributed by atoms with E-state index in [0.29, 0.717) is 6.61 Å². The number of halogens is 1. The smallest absolute Gasteiger partial charge is 0.227 e. The van der Waals surface area contributed by atoms with Crippen LogP contribution in [0.5, 0.6) is 0 Å². The molecular formula is C6H15ClO2Si. The van der Waals surface area contributed by atoms with Gasteiger partial charge in [0.05, 0.1) is 0 Å². The van der Waals surface area contributed by atoms with E-state index in [1.807, 2.05) is 6.92 Å². The van der Waals surface area contributed by atoms with E-state index >= 15 is 0 Å². The van der Waals surface area contributed by atoms with Crippen molar-refractivity contribution in [2.75, 3.05) is 6.61 Å². The number of ether oxygens (including phenoxy) is 1. The van der Waals surface area contributed by atoms with E-state index in [1.165, 1.54) is 0 Å². The average molecular weight is 183 g/mol. The molecule has 0 rings (SSSR count). The summed E-state index contributed by atoms with van der Waals surface area (Å²) in [6.07, 6.45) is 0. The summed E-state index contributed by atoms with van der Waals surface area (Å²) in [5.74, 6) is -0.559. The van der Waals surface area contributed by atoms with Gasteiger partial charge >= 0.3 is 0 Å². The molecule has 0 saturated carbocycles. The lowest BCUT2D eigenvalue weighted by molar-refractivity contribution is -0.0196. The fourth-order valence-electron chi connectivity index (χ4n) is 0.443. The maximum absolute atomic E-state index is 5.66. The number of alkyl halides is 1. The van der Waals surface area contributed by atoms with Crippen LogP contribution in [-0.4, -0.2) is 20.7 Å². The molecule has 0 aromatic rings. The monoisotopic (exact) mass is 182 g/mol. The van der Waals surface area contributed by atoms with Crippen molar-refractivity contribution < 1.29 is 9.16 Å². The zero-order valence-electron chi connectivity index (χ0n) is 6.98. The van der Waals surface area contributed by atoms with Gasteiger partial charge in [-0.05, 0) is 26.6 Å². The van der Waals surface area contributed by atoms with Gasteiger partial charge in [0.1, 0.15) is 0 Å². The third-order valence-electron chi connectivity index (χ3n) is 0.744. The van der Waals surface area contributed by atoms with Crippen molar-refractivity contribution in [1.82, 2.24) is 0 Å². The lowest BCUT2D eigenvalue weighted by Gasteiger charge is -2.20. The van der Waals surface area contributed by atoms with Crippen LogP contribution in [0.4, 0.5) is 0 Å². The van der Waals surface area contributed by atoms with E-state index in [-0.39, 0.29) is 0 Å². The topological polar surface area (TPSA) is 18.5 Å². The summed E-state index contributed by atoms with van der Waals surface area (Å²) in [7, 11) is -1.51. The molecule has 0 radical (unpaired) electrons. The van der Waals surface area contributed by atoms with Crippen molar-refractivity contribution in [3.63, 3.8) is 0 Å². The van der Waals surface area contributed by atoms with Crippen molar-refractivity contribution in [3.8, 4) is 0 Å². The van der Waals surface area contributed by atoms with Gasteiger partial charge in [0.2, 0.25) is 5.75 Å². The van der Waals surface area contributed by atoms with Crippen molar-refractivity contribution in [3.05, 3.63) is 0 Å². The van der Waals surface area contributed by atoms with E-state index in [9.17, 15) is 0 Å². The molecule has 0 fully saturated rings. The fourth-order valence-corrected chi connectivity index (χ4v) is 1.99. The lowest BCUT2D eigenvalue weighted by atomic mass is 10.9. The van der Waals surface area contributed by atoms with Crippen LogP contribution >= 0.6 is 11.6 Å². The molecule has 1 unspecified atom stereocenters. The normalized spacial score (nSPS) is 15.3. The van der Waals surface area contributed by atoms with Gasteiger partial charge in [-0.15, -0.1) is 0 Å². The van der Waals surface area contributed by atoms with Gasteiger partial charge in [-0.1, -0.05) is 11.6 Å². The van der Waals surface area contributed by atoms with Crippen molar-refractivity contribution in [1.29, 1.82) is 0 Å². The van der Waals surface area contributed by atoms with Gasteiger partial charge in [-0.25, -0.2) is 0 Å². The second kappa shape index (κ2) is 4.33. The molecule has 0 aromatic carbocycles. The molecule has 0 heterocycles. The minimum Gasteiger partial charge on any atom is -0.381 e. The predicted molar refractivity (Wildman–Crippen MR) is 45.7 cm³/mol. The number of hydrogen-bond donors (Lipinski definition) is 0. The van der Waals surface area contributed by atoms with Gasteiger partial charge < -0.3 is 9.16 Å². The van der Waals surface area contributed by atoms with Gasteiger partial charge in [-0.3, -0.25) is 0 Å². The van der Waals surface area contributed by atoms with Crippen LogP contribution < -0.4 is 0 Å². The van der Waals surface area contributed by atoms with Crippen LogP contribution in [0.1, 0.15) is 6.92 Å². The minimum absolute atomic E-state index is 0.559. The summed E-state index contributed by atoms with van der Waals surface area (Å²) in [6.45, 7) is 8.70. The highest BCUT2D eigenvalue weighted by Gasteiger charge is 2.19. The first-order chi connectivity index (χ1) is 4.45. The second-order valence-electron chi connectivity index (χ2n) is 2.96. The van der Waals surface area contributed by atoms with Crippen molar-refractivity contribution in [2.45, 2.75) is 32.3 Å². The first kappa shape index (κ1) is 10.4. The third-order valence-corrected chi connectivity index (χ3v) is 2.03. The van der Waals surface area contributed by atoms with Gasteiger partial charge in [0.25, 0.3) is 0 Å². The van der Waals surface area contributed by atoms with Crippen LogP contribution in [0.2, 0.25) is 19.6 Å². The third kappa shape index (κ3) is 6.55. The molecule has 0 aliphatic rings. The van der Waals surface area contributed by atoms with E-state index in [0.717, 1.165) is 0 Å². The Balaban J connectivity index is 3.47. The van der Waals surface area contributed by atoms with E-state index in [1.54, 1.807) is 0 Å². The van der Waals surface area contributed by atoms with Crippen molar-refractivity contribution >= 4 is 19.9 Å². The van der Waals surface area contributed by atoms with Crippen LogP contribution in [0, 0.1) is 0 Å².